The minimum Gasteiger partial charge on any atom is -0.307 e. The molecule has 4 rings (SSSR count). The van der Waals surface area contributed by atoms with Crippen LogP contribution in [0.1, 0.15) is 11.3 Å². The number of fused-ring (bicyclic) bond motifs is 2. The van der Waals surface area contributed by atoms with Gasteiger partial charge in [-0.25, -0.2) is 9.97 Å². The van der Waals surface area contributed by atoms with Gasteiger partial charge in [0.25, 0.3) is 0 Å². The predicted molar refractivity (Wildman–Crippen MR) is 91.2 cm³/mol. The monoisotopic (exact) mass is 305 g/mol. The molecule has 0 unspecified atom stereocenters. The zero-order chi connectivity index (χ0) is 14.9. The standard InChI is InChI=1S/C18H15N3S/c1-13-5-4-10-21-11-15(19-18(13)21)12-22-17-9-8-14-6-2-3-7-16(14)20-17/h2-11H,12H2,1H3. The number of imidazole rings is 1. The Morgan fingerprint density at radius 2 is 1.91 bits per heavy atom. The summed E-state index contributed by atoms with van der Waals surface area (Å²) in [7, 11) is 0. The van der Waals surface area contributed by atoms with E-state index in [9.17, 15) is 0 Å². The van der Waals surface area contributed by atoms with Gasteiger partial charge < -0.3 is 4.40 Å². The van der Waals surface area contributed by atoms with Crippen molar-refractivity contribution < 1.29 is 0 Å². The molecule has 108 valence electrons. The van der Waals surface area contributed by atoms with E-state index in [1.165, 1.54) is 10.9 Å². The summed E-state index contributed by atoms with van der Waals surface area (Å²) in [5.41, 5.74) is 4.35. The Bertz CT molecular complexity index is 959. The molecule has 0 saturated heterocycles. The van der Waals surface area contributed by atoms with E-state index >= 15 is 0 Å². The van der Waals surface area contributed by atoms with Crippen molar-refractivity contribution in [1.29, 1.82) is 0 Å². The third-order valence-electron chi connectivity index (χ3n) is 3.67. The molecule has 3 aromatic heterocycles. The Hall–Kier alpha value is -2.33. The second-order valence-electron chi connectivity index (χ2n) is 5.29. The first kappa shape index (κ1) is 13.3. The van der Waals surface area contributed by atoms with E-state index in [0.717, 1.165) is 27.6 Å². The number of pyridine rings is 2. The maximum absolute atomic E-state index is 4.70. The molecule has 0 aliphatic rings. The molecule has 0 N–H and O–H groups in total. The van der Waals surface area contributed by atoms with Gasteiger partial charge in [0.1, 0.15) is 5.65 Å². The average Bonchev–Trinajstić information content (AvgIpc) is 2.97. The van der Waals surface area contributed by atoms with Crippen LogP contribution in [0.15, 0.2) is 66.0 Å². The lowest BCUT2D eigenvalue weighted by atomic mass is 10.2. The SMILES string of the molecule is Cc1cccn2cc(CSc3ccc4ccccc4n3)nc12. The summed E-state index contributed by atoms with van der Waals surface area (Å²) >= 11 is 1.72. The third kappa shape index (κ3) is 2.46. The topological polar surface area (TPSA) is 30.2 Å². The lowest BCUT2D eigenvalue weighted by Crippen LogP contribution is -1.85. The first-order valence-corrected chi connectivity index (χ1v) is 8.20. The first-order chi connectivity index (χ1) is 10.8. The zero-order valence-corrected chi connectivity index (χ0v) is 13.0. The summed E-state index contributed by atoms with van der Waals surface area (Å²) in [4.78, 5) is 9.39. The highest BCUT2D eigenvalue weighted by Crippen LogP contribution is 2.23. The molecule has 22 heavy (non-hydrogen) atoms. The molecule has 0 spiro atoms. The molecule has 0 saturated carbocycles. The molecule has 0 radical (unpaired) electrons. The second kappa shape index (κ2) is 5.46. The summed E-state index contributed by atoms with van der Waals surface area (Å²) in [6.45, 7) is 2.09. The number of nitrogens with zero attached hydrogens (tertiary/aromatic N) is 3. The van der Waals surface area contributed by atoms with Crippen LogP contribution >= 0.6 is 11.8 Å². The van der Waals surface area contributed by atoms with Crippen LogP contribution in [0.25, 0.3) is 16.6 Å². The van der Waals surface area contributed by atoms with Crippen molar-refractivity contribution >= 4 is 28.3 Å². The predicted octanol–water partition coefficient (Wildman–Crippen LogP) is 4.48. The molecule has 4 aromatic rings. The highest BCUT2D eigenvalue weighted by Gasteiger charge is 2.05. The summed E-state index contributed by atoms with van der Waals surface area (Å²) in [6, 6.07) is 16.5. The van der Waals surface area contributed by atoms with Crippen molar-refractivity contribution in [3.05, 3.63) is 72.2 Å². The van der Waals surface area contributed by atoms with Crippen LogP contribution in [0.5, 0.6) is 0 Å². The van der Waals surface area contributed by atoms with Gasteiger partial charge in [-0.1, -0.05) is 42.1 Å². The molecule has 4 heteroatoms. The minimum atomic E-state index is 0.826. The van der Waals surface area contributed by atoms with Crippen molar-refractivity contribution in [1.82, 2.24) is 14.4 Å². The maximum atomic E-state index is 4.70. The molecule has 0 fully saturated rings. The van der Waals surface area contributed by atoms with Crippen molar-refractivity contribution in [3.8, 4) is 0 Å². The van der Waals surface area contributed by atoms with E-state index in [4.69, 9.17) is 9.97 Å². The number of benzene rings is 1. The second-order valence-corrected chi connectivity index (χ2v) is 6.28. The van der Waals surface area contributed by atoms with Crippen molar-refractivity contribution in [2.45, 2.75) is 17.7 Å². The van der Waals surface area contributed by atoms with Crippen LogP contribution in [0, 0.1) is 6.92 Å². The molecule has 0 aliphatic carbocycles. The molecule has 0 atom stereocenters. The van der Waals surface area contributed by atoms with Crippen LogP contribution in [-0.2, 0) is 5.75 Å². The quantitative estimate of drug-likeness (QED) is 0.523. The van der Waals surface area contributed by atoms with Gasteiger partial charge in [0.05, 0.1) is 16.2 Å². The number of thioether (sulfide) groups is 1. The van der Waals surface area contributed by atoms with Crippen LogP contribution in [0.3, 0.4) is 0 Å². The summed E-state index contributed by atoms with van der Waals surface area (Å²) in [5.74, 6) is 0.826. The Morgan fingerprint density at radius 1 is 1.00 bits per heavy atom. The Morgan fingerprint density at radius 3 is 2.82 bits per heavy atom. The number of aryl methyl sites for hydroxylation is 1. The largest absolute Gasteiger partial charge is 0.307 e. The first-order valence-electron chi connectivity index (χ1n) is 7.21. The molecule has 3 nitrogen and oxygen atoms in total. The fourth-order valence-corrected chi connectivity index (χ4v) is 3.31. The van der Waals surface area contributed by atoms with E-state index in [1.807, 2.05) is 30.5 Å². The van der Waals surface area contributed by atoms with Crippen LogP contribution in [-0.4, -0.2) is 14.4 Å². The molecule has 0 bridgehead atoms. The lowest BCUT2D eigenvalue weighted by molar-refractivity contribution is 1.16. The van der Waals surface area contributed by atoms with Gasteiger partial charge in [-0.3, -0.25) is 0 Å². The Balaban J connectivity index is 1.58. The molecule has 0 amide bonds. The van der Waals surface area contributed by atoms with Gasteiger partial charge in [0.15, 0.2) is 0 Å². The number of para-hydroxylation sites is 1. The van der Waals surface area contributed by atoms with E-state index in [0.29, 0.717) is 0 Å². The number of aromatic nitrogens is 3. The Labute approximate surface area is 133 Å². The van der Waals surface area contributed by atoms with Gasteiger partial charge in [-0.2, -0.15) is 0 Å². The molecular formula is C18H15N3S. The number of rotatable bonds is 3. The smallest absolute Gasteiger partial charge is 0.139 e. The fourth-order valence-electron chi connectivity index (χ4n) is 2.55. The van der Waals surface area contributed by atoms with Gasteiger partial charge in [-0.15, -0.1) is 0 Å². The van der Waals surface area contributed by atoms with E-state index < -0.39 is 0 Å². The molecule has 3 heterocycles. The average molecular weight is 305 g/mol. The van der Waals surface area contributed by atoms with Crippen molar-refractivity contribution in [2.75, 3.05) is 0 Å². The highest BCUT2D eigenvalue weighted by molar-refractivity contribution is 7.98. The molecule has 0 aliphatic heterocycles. The van der Waals surface area contributed by atoms with Crippen LogP contribution in [0.2, 0.25) is 0 Å². The van der Waals surface area contributed by atoms with E-state index in [2.05, 4.69) is 41.8 Å². The van der Waals surface area contributed by atoms with Gasteiger partial charge in [0, 0.05) is 23.5 Å². The van der Waals surface area contributed by atoms with E-state index in [-0.39, 0.29) is 0 Å². The number of hydrogen-bond acceptors (Lipinski definition) is 3. The highest BCUT2D eigenvalue weighted by atomic mass is 32.2. The van der Waals surface area contributed by atoms with Gasteiger partial charge in [-0.05, 0) is 30.7 Å². The fraction of sp³-hybridized carbons (Fsp3) is 0.111. The summed E-state index contributed by atoms with van der Waals surface area (Å²) < 4.78 is 2.08. The van der Waals surface area contributed by atoms with Crippen LogP contribution < -0.4 is 0 Å². The Kier molecular flexibility index (Phi) is 3.31. The van der Waals surface area contributed by atoms with Crippen molar-refractivity contribution in [3.63, 3.8) is 0 Å². The minimum absolute atomic E-state index is 0.826. The van der Waals surface area contributed by atoms with Gasteiger partial charge >= 0.3 is 0 Å². The lowest BCUT2D eigenvalue weighted by Gasteiger charge is -2.01. The van der Waals surface area contributed by atoms with Crippen LogP contribution in [0.4, 0.5) is 0 Å². The zero-order valence-electron chi connectivity index (χ0n) is 12.2. The molecular weight excluding hydrogens is 290 g/mol. The third-order valence-corrected chi connectivity index (χ3v) is 4.63. The van der Waals surface area contributed by atoms with Crippen molar-refractivity contribution in [2.24, 2.45) is 0 Å². The number of hydrogen-bond donors (Lipinski definition) is 0. The summed E-state index contributed by atoms with van der Waals surface area (Å²) in [6.07, 6.45) is 4.13. The molecule has 1 aromatic carbocycles. The summed E-state index contributed by atoms with van der Waals surface area (Å²) in [5, 5.41) is 2.21. The van der Waals surface area contributed by atoms with E-state index in [1.54, 1.807) is 11.8 Å². The maximum Gasteiger partial charge on any atom is 0.139 e. The normalized spacial score (nSPS) is 11.3. The van der Waals surface area contributed by atoms with Gasteiger partial charge in [0.2, 0.25) is 0 Å².